The first-order valence-electron chi connectivity index (χ1n) is 11.3. The Morgan fingerprint density at radius 2 is 1.97 bits per heavy atom. The lowest BCUT2D eigenvalue weighted by molar-refractivity contribution is -0.148. The maximum Gasteiger partial charge on any atom is 0.329 e. The number of para-hydroxylation sites is 1. The molecule has 0 spiro atoms. The first-order valence-corrected chi connectivity index (χ1v) is 11.3. The Morgan fingerprint density at radius 1 is 1.23 bits per heavy atom. The molecule has 0 bridgehead atoms. The molecular formula is C25H34N2O3. The highest BCUT2D eigenvalue weighted by molar-refractivity contribution is 5.90. The van der Waals surface area contributed by atoms with Crippen molar-refractivity contribution in [3.8, 4) is 0 Å². The van der Waals surface area contributed by atoms with Gasteiger partial charge < -0.3 is 15.4 Å². The smallest absolute Gasteiger partial charge is 0.329 e. The van der Waals surface area contributed by atoms with Crippen LogP contribution in [0.3, 0.4) is 0 Å². The van der Waals surface area contributed by atoms with E-state index < -0.39 is 11.5 Å². The lowest BCUT2D eigenvalue weighted by atomic mass is 9.60. The molecule has 2 aliphatic carbocycles. The number of fused-ring (bicyclic) bond motifs is 3. The van der Waals surface area contributed by atoms with E-state index in [1.807, 2.05) is 12.1 Å². The quantitative estimate of drug-likeness (QED) is 0.673. The number of H-pyrrole nitrogens is 1. The lowest BCUT2D eigenvalue weighted by Gasteiger charge is -2.46. The Morgan fingerprint density at radius 3 is 2.63 bits per heavy atom. The molecule has 5 nitrogen and oxygen atoms in total. The second-order valence-corrected chi connectivity index (χ2v) is 10.1. The molecule has 1 aromatic carbocycles. The molecule has 1 saturated carbocycles. The van der Waals surface area contributed by atoms with Crippen molar-refractivity contribution in [2.45, 2.75) is 71.3 Å². The molecule has 2 aromatic rings. The molecule has 0 saturated heterocycles. The second-order valence-electron chi connectivity index (χ2n) is 10.1. The Labute approximate surface area is 178 Å². The van der Waals surface area contributed by atoms with Crippen molar-refractivity contribution in [3.05, 3.63) is 35.5 Å². The predicted octanol–water partition coefficient (Wildman–Crippen LogP) is 4.87. The van der Waals surface area contributed by atoms with Crippen LogP contribution in [0.5, 0.6) is 0 Å². The lowest BCUT2D eigenvalue weighted by Crippen LogP contribution is -2.58. The molecule has 2 aliphatic rings. The van der Waals surface area contributed by atoms with E-state index >= 15 is 0 Å². The first kappa shape index (κ1) is 21.0. The van der Waals surface area contributed by atoms with Gasteiger partial charge in [0.05, 0.1) is 0 Å². The standard InChI is InChI=1S/C25H34N2O3/c1-14(2)17-10-9-15(3)11-19(17)21-13-25(24(29)30,27-16(4)28)12-20-18-7-5-6-8-22(18)26-23(20)21/h5-8,14-15,17,19,21,26H,9-13H2,1-4H3,(H,27,28)(H,29,30). The fourth-order valence-corrected chi connectivity index (χ4v) is 6.33. The van der Waals surface area contributed by atoms with E-state index in [9.17, 15) is 14.7 Å². The number of aromatic nitrogens is 1. The molecule has 5 heteroatoms. The number of hydrogen-bond acceptors (Lipinski definition) is 2. The van der Waals surface area contributed by atoms with Crippen molar-refractivity contribution in [2.24, 2.45) is 23.7 Å². The molecule has 3 N–H and O–H groups in total. The normalized spacial score (nSPS) is 31.5. The van der Waals surface area contributed by atoms with Crippen molar-refractivity contribution in [3.63, 3.8) is 0 Å². The topological polar surface area (TPSA) is 82.2 Å². The fourth-order valence-electron chi connectivity index (χ4n) is 6.33. The van der Waals surface area contributed by atoms with Gasteiger partial charge in [-0.05, 0) is 54.6 Å². The number of rotatable bonds is 4. The summed E-state index contributed by atoms with van der Waals surface area (Å²) >= 11 is 0. The van der Waals surface area contributed by atoms with Gasteiger partial charge in [0.25, 0.3) is 0 Å². The highest BCUT2D eigenvalue weighted by Gasteiger charge is 2.50. The summed E-state index contributed by atoms with van der Waals surface area (Å²) < 4.78 is 0. The summed E-state index contributed by atoms with van der Waals surface area (Å²) in [7, 11) is 0. The summed E-state index contributed by atoms with van der Waals surface area (Å²) in [6.07, 6.45) is 4.31. The van der Waals surface area contributed by atoms with Crippen LogP contribution >= 0.6 is 0 Å². The molecule has 5 atom stereocenters. The number of benzene rings is 1. The van der Waals surface area contributed by atoms with Crippen LogP contribution in [0, 0.1) is 23.7 Å². The Hall–Kier alpha value is -2.30. The molecule has 1 aromatic heterocycles. The van der Waals surface area contributed by atoms with Crippen molar-refractivity contribution >= 4 is 22.8 Å². The van der Waals surface area contributed by atoms with Gasteiger partial charge in [-0.25, -0.2) is 4.79 Å². The third kappa shape index (κ3) is 3.52. The monoisotopic (exact) mass is 410 g/mol. The number of carbonyl (C=O) groups excluding carboxylic acids is 1. The number of aromatic amines is 1. The van der Waals surface area contributed by atoms with Gasteiger partial charge >= 0.3 is 5.97 Å². The van der Waals surface area contributed by atoms with Gasteiger partial charge in [-0.15, -0.1) is 0 Å². The highest BCUT2D eigenvalue weighted by atomic mass is 16.4. The number of carboxylic acid groups (broad SMARTS) is 1. The maximum atomic E-state index is 12.6. The van der Waals surface area contributed by atoms with Gasteiger partial charge in [0.15, 0.2) is 0 Å². The van der Waals surface area contributed by atoms with Crippen LogP contribution in [0.25, 0.3) is 10.9 Å². The molecule has 0 aliphatic heterocycles. The minimum absolute atomic E-state index is 0.0965. The molecule has 1 amide bonds. The van der Waals surface area contributed by atoms with Crippen LogP contribution in [0.4, 0.5) is 0 Å². The van der Waals surface area contributed by atoms with Crippen LogP contribution in [0.15, 0.2) is 24.3 Å². The summed E-state index contributed by atoms with van der Waals surface area (Å²) in [5.74, 6) is 1.05. The van der Waals surface area contributed by atoms with E-state index in [1.54, 1.807) is 0 Å². The summed E-state index contributed by atoms with van der Waals surface area (Å²) in [5, 5.41) is 14.2. The largest absolute Gasteiger partial charge is 0.479 e. The van der Waals surface area contributed by atoms with Crippen molar-refractivity contribution < 1.29 is 14.7 Å². The number of hydrogen-bond donors (Lipinski definition) is 3. The summed E-state index contributed by atoms with van der Waals surface area (Å²) in [6.45, 7) is 8.32. The molecule has 30 heavy (non-hydrogen) atoms. The van der Waals surface area contributed by atoms with Crippen LogP contribution in [0.1, 0.15) is 70.6 Å². The summed E-state index contributed by atoms with van der Waals surface area (Å²) in [5.41, 5.74) is 2.07. The van der Waals surface area contributed by atoms with E-state index in [0.29, 0.717) is 36.5 Å². The minimum Gasteiger partial charge on any atom is -0.479 e. The van der Waals surface area contributed by atoms with E-state index in [4.69, 9.17) is 0 Å². The maximum absolute atomic E-state index is 12.6. The molecule has 0 radical (unpaired) electrons. The van der Waals surface area contributed by atoms with Crippen molar-refractivity contribution in [2.75, 3.05) is 0 Å². The Kier molecular flexibility index (Phi) is 5.41. The number of carboxylic acids is 1. The number of aliphatic carboxylic acids is 1. The fraction of sp³-hybridized carbons (Fsp3) is 0.600. The molecule has 162 valence electrons. The van der Waals surface area contributed by atoms with Crippen LogP contribution in [-0.4, -0.2) is 27.5 Å². The highest BCUT2D eigenvalue weighted by Crippen LogP contribution is 2.52. The minimum atomic E-state index is -1.25. The van der Waals surface area contributed by atoms with E-state index in [2.05, 4.69) is 43.2 Å². The number of amides is 1. The Bertz CT molecular complexity index is 962. The molecular weight excluding hydrogens is 376 g/mol. The van der Waals surface area contributed by atoms with Crippen LogP contribution in [-0.2, 0) is 16.0 Å². The van der Waals surface area contributed by atoms with Gasteiger partial charge in [-0.1, -0.05) is 45.4 Å². The van der Waals surface area contributed by atoms with Crippen LogP contribution < -0.4 is 5.32 Å². The van der Waals surface area contributed by atoms with Crippen molar-refractivity contribution in [1.29, 1.82) is 0 Å². The van der Waals surface area contributed by atoms with Gasteiger partial charge in [-0.2, -0.15) is 0 Å². The van der Waals surface area contributed by atoms with Gasteiger partial charge in [0.1, 0.15) is 5.54 Å². The summed E-state index contributed by atoms with van der Waals surface area (Å²) in [6, 6.07) is 8.14. The van der Waals surface area contributed by atoms with Crippen LogP contribution in [0.2, 0.25) is 0 Å². The average Bonchev–Trinajstić information content (AvgIpc) is 3.05. The third-order valence-electron chi connectivity index (χ3n) is 7.68. The summed E-state index contributed by atoms with van der Waals surface area (Å²) in [4.78, 5) is 28.3. The SMILES string of the molecule is CC(=O)NC1(C(=O)O)Cc2c([nH]c3ccccc23)C(C2CC(C)CCC2C(C)C)C1. The third-order valence-corrected chi connectivity index (χ3v) is 7.68. The van der Waals surface area contributed by atoms with Crippen molar-refractivity contribution in [1.82, 2.24) is 10.3 Å². The van der Waals surface area contributed by atoms with E-state index in [1.165, 1.54) is 25.5 Å². The zero-order valence-corrected chi connectivity index (χ0v) is 18.5. The average molecular weight is 411 g/mol. The van der Waals surface area contributed by atoms with Gasteiger partial charge in [0, 0.05) is 35.9 Å². The Balaban J connectivity index is 1.88. The second kappa shape index (κ2) is 7.75. The van der Waals surface area contributed by atoms with Gasteiger partial charge in [-0.3, -0.25) is 4.79 Å². The predicted molar refractivity (Wildman–Crippen MR) is 118 cm³/mol. The molecule has 5 unspecified atom stereocenters. The number of nitrogens with one attached hydrogen (secondary N) is 2. The molecule has 1 heterocycles. The zero-order valence-electron chi connectivity index (χ0n) is 18.5. The first-order chi connectivity index (χ1) is 14.2. The number of carbonyl (C=O) groups is 2. The zero-order chi connectivity index (χ0) is 21.6. The molecule has 4 rings (SSSR count). The van der Waals surface area contributed by atoms with E-state index in [0.717, 1.165) is 22.9 Å². The van der Waals surface area contributed by atoms with Gasteiger partial charge in [0.2, 0.25) is 5.91 Å². The van der Waals surface area contributed by atoms with E-state index in [-0.39, 0.29) is 11.8 Å². The molecule has 1 fully saturated rings.